The van der Waals surface area contributed by atoms with Gasteiger partial charge in [0, 0.05) is 99.4 Å². The summed E-state index contributed by atoms with van der Waals surface area (Å²) in [5.41, 5.74) is 30.7. The van der Waals surface area contributed by atoms with E-state index in [4.69, 9.17) is 44.4 Å². The van der Waals surface area contributed by atoms with Crippen LogP contribution >= 0.6 is 0 Å². The molecule has 596 valence electrons. The number of benzene rings is 18. The van der Waals surface area contributed by atoms with Crippen LogP contribution in [-0.2, 0) is 10.8 Å². The lowest BCUT2D eigenvalue weighted by Gasteiger charge is -2.40. The Morgan fingerprint density at radius 2 is 0.438 bits per heavy atom. The Kier molecular flexibility index (Phi) is 17.2. The Bertz CT molecular complexity index is 7530. The zero-order valence-corrected chi connectivity index (χ0v) is 69.1. The van der Waals surface area contributed by atoms with Gasteiger partial charge in [-0.05, 0) is 109 Å². The van der Waals surface area contributed by atoms with Crippen molar-refractivity contribution in [3.05, 3.63) is 487 Å². The molecule has 0 amide bonds. The van der Waals surface area contributed by atoms with E-state index in [0.717, 1.165) is 178 Å². The second-order valence-electron chi connectivity index (χ2n) is 33.1. The third-order valence-electron chi connectivity index (χ3n) is 26.1. The molecule has 0 saturated carbocycles. The first-order valence-electron chi connectivity index (χ1n) is 43.4. The standard InChI is InChI=1S/C60H37N3O.C59H36N4O/c1-4-17-39(18-5-1)54-37-55(63-59(62-54)42-21-8-3-9-22-42)40-33-31-38(32-34-40)43-26-16-29-51-58(43)64-56-36-48-47(46-25-12-15-30-53(46)61-57(48)41-19-6-2-7-20-41)35-52(56)60(51)49-27-13-10-23-44(49)45-24-11-14-28-50(45)60;1-4-17-38(18-5-1)54-47-36-53-51(35-46(47)45-25-12-15-30-52(45)60-54)59(48-27-13-10-23-43(48)44-24-11-14-28-49(44)59)50-29-16-26-42(55(50)64-53)37-31-33-41(34-32-37)58-62-56(39-19-6-2-7-20-39)61-57(63-58)40-21-8-3-9-22-40/h1-37H;1-36H. The van der Waals surface area contributed by atoms with E-state index < -0.39 is 10.8 Å². The van der Waals surface area contributed by atoms with Crippen LogP contribution in [0.25, 0.3) is 178 Å². The number of hydrogen-bond acceptors (Lipinski definition) is 9. The molecule has 0 fully saturated rings. The van der Waals surface area contributed by atoms with Crippen molar-refractivity contribution >= 4 is 43.4 Å². The number of ether oxygens (including phenoxy) is 2. The number of fused-ring (bicyclic) bond motifs is 24. The van der Waals surface area contributed by atoms with Gasteiger partial charge >= 0.3 is 0 Å². The quantitative estimate of drug-likeness (QED) is 0.124. The molecule has 0 N–H and O–H groups in total. The zero-order chi connectivity index (χ0) is 84.4. The zero-order valence-electron chi connectivity index (χ0n) is 69.1. The molecule has 0 atom stereocenters. The molecule has 26 rings (SSSR count). The topological polar surface area (TPSA) is 109 Å². The molecular weight excluding hydrogens is 1560 g/mol. The Labute approximate surface area is 739 Å². The smallest absolute Gasteiger partial charge is 0.164 e. The number of rotatable bonds is 10. The number of aromatic nitrogens is 7. The van der Waals surface area contributed by atoms with Gasteiger partial charge in [-0.25, -0.2) is 34.9 Å². The van der Waals surface area contributed by atoms with Gasteiger partial charge in [-0.2, -0.15) is 0 Å². The lowest BCUT2D eigenvalue weighted by atomic mass is 9.65. The van der Waals surface area contributed by atoms with Gasteiger partial charge in [-0.3, -0.25) is 0 Å². The lowest BCUT2D eigenvalue weighted by molar-refractivity contribution is 0.439. The van der Waals surface area contributed by atoms with Gasteiger partial charge in [0.15, 0.2) is 23.3 Å². The van der Waals surface area contributed by atoms with Crippen molar-refractivity contribution in [2.75, 3.05) is 0 Å². The summed E-state index contributed by atoms with van der Waals surface area (Å²) in [5, 5.41) is 6.62. The Hall–Kier alpha value is -17.0. The summed E-state index contributed by atoms with van der Waals surface area (Å²) in [5.74, 6) is 5.89. The molecule has 0 bridgehead atoms. The van der Waals surface area contributed by atoms with E-state index in [1.54, 1.807) is 0 Å². The van der Waals surface area contributed by atoms with E-state index in [2.05, 4.69) is 346 Å². The summed E-state index contributed by atoms with van der Waals surface area (Å²) < 4.78 is 14.8. The fourth-order valence-electron chi connectivity index (χ4n) is 20.4. The Morgan fingerprint density at radius 1 is 0.164 bits per heavy atom. The van der Waals surface area contributed by atoms with Gasteiger partial charge in [0.05, 0.1) is 44.6 Å². The van der Waals surface area contributed by atoms with E-state index in [1.807, 2.05) is 97.1 Å². The van der Waals surface area contributed by atoms with Gasteiger partial charge < -0.3 is 9.47 Å². The van der Waals surface area contributed by atoms with E-state index in [9.17, 15) is 0 Å². The van der Waals surface area contributed by atoms with Crippen molar-refractivity contribution < 1.29 is 9.47 Å². The predicted octanol–water partition coefficient (Wildman–Crippen LogP) is 29.4. The third kappa shape index (κ3) is 11.7. The van der Waals surface area contributed by atoms with E-state index >= 15 is 0 Å². The molecule has 18 aromatic carbocycles. The van der Waals surface area contributed by atoms with Gasteiger partial charge in [0.2, 0.25) is 0 Å². The van der Waals surface area contributed by atoms with Crippen molar-refractivity contribution in [2.45, 2.75) is 10.8 Å². The maximum Gasteiger partial charge on any atom is 0.164 e. The van der Waals surface area contributed by atoms with Crippen LogP contribution in [0.1, 0.15) is 44.5 Å². The van der Waals surface area contributed by atoms with Crippen LogP contribution in [0.4, 0.5) is 0 Å². The van der Waals surface area contributed by atoms with Crippen LogP contribution in [-0.4, -0.2) is 34.9 Å². The Morgan fingerprint density at radius 3 is 0.812 bits per heavy atom. The second-order valence-corrected chi connectivity index (χ2v) is 33.1. The highest BCUT2D eigenvalue weighted by Crippen LogP contribution is 2.67. The van der Waals surface area contributed by atoms with Crippen molar-refractivity contribution in [1.82, 2.24) is 34.9 Å². The molecule has 4 aromatic heterocycles. The normalized spacial score (nSPS) is 12.9. The predicted molar refractivity (Wildman–Crippen MR) is 517 cm³/mol. The average molecular weight is 1630 g/mol. The highest BCUT2D eigenvalue weighted by Gasteiger charge is 2.54. The molecule has 9 heteroatoms. The molecule has 0 unspecified atom stereocenters. The van der Waals surface area contributed by atoms with Crippen LogP contribution in [0.15, 0.2) is 443 Å². The second kappa shape index (κ2) is 29.9. The van der Waals surface area contributed by atoms with Crippen molar-refractivity contribution in [1.29, 1.82) is 0 Å². The van der Waals surface area contributed by atoms with Crippen molar-refractivity contribution in [3.8, 4) is 158 Å². The van der Waals surface area contributed by atoms with E-state index in [0.29, 0.717) is 23.3 Å². The molecule has 2 aliphatic carbocycles. The summed E-state index contributed by atoms with van der Waals surface area (Å²) in [4.78, 5) is 35.7. The first-order valence-corrected chi connectivity index (χ1v) is 43.4. The average Bonchev–Trinajstić information content (AvgIpc) is 1.52. The summed E-state index contributed by atoms with van der Waals surface area (Å²) in [6.07, 6.45) is 0. The number of hydrogen-bond donors (Lipinski definition) is 0. The lowest BCUT2D eigenvalue weighted by Crippen LogP contribution is -2.32. The van der Waals surface area contributed by atoms with Crippen molar-refractivity contribution in [2.24, 2.45) is 0 Å². The largest absolute Gasteiger partial charge is 0.456 e. The van der Waals surface area contributed by atoms with E-state index in [-0.39, 0.29) is 0 Å². The van der Waals surface area contributed by atoms with Crippen LogP contribution in [0, 0.1) is 0 Å². The van der Waals surface area contributed by atoms with E-state index in [1.165, 1.54) is 44.5 Å². The highest BCUT2D eigenvalue weighted by atomic mass is 16.5. The van der Waals surface area contributed by atoms with Crippen LogP contribution < -0.4 is 9.47 Å². The summed E-state index contributed by atoms with van der Waals surface area (Å²) in [7, 11) is 0. The molecule has 9 nitrogen and oxygen atoms in total. The van der Waals surface area contributed by atoms with Gasteiger partial charge in [0.1, 0.15) is 23.0 Å². The molecule has 2 aliphatic heterocycles. The molecule has 2 spiro atoms. The summed E-state index contributed by atoms with van der Waals surface area (Å²) in [6, 6.07) is 156. The van der Waals surface area contributed by atoms with Crippen LogP contribution in [0.3, 0.4) is 0 Å². The molecule has 6 heterocycles. The molecule has 4 aliphatic rings. The summed E-state index contributed by atoms with van der Waals surface area (Å²) in [6.45, 7) is 0. The maximum absolute atomic E-state index is 7.39. The minimum absolute atomic E-state index is 0.611. The first-order chi connectivity index (χ1) is 63.4. The third-order valence-corrected chi connectivity index (χ3v) is 26.1. The molecule has 22 aromatic rings. The molecule has 128 heavy (non-hydrogen) atoms. The van der Waals surface area contributed by atoms with Crippen LogP contribution in [0.5, 0.6) is 23.0 Å². The number of pyridine rings is 2. The monoisotopic (exact) mass is 1630 g/mol. The van der Waals surface area contributed by atoms with Crippen molar-refractivity contribution in [3.63, 3.8) is 0 Å². The molecular formula is C119H73N7O2. The van der Waals surface area contributed by atoms with Gasteiger partial charge in [0.25, 0.3) is 0 Å². The van der Waals surface area contributed by atoms with Gasteiger partial charge in [-0.15, -0.1) is 0 Å². The first kappa shape index (κ1) is 73.7. The number of nitrogens with zero attached hydrogens (tertiary/aromatic N) is 7. The minimum atomic E-state index is -0.663. The molecule has 0 saturated heterocycles. The fourth-order valence-corrected chi connectivity index (χ4v) is 20.4. The highest BCUT2D eigenvalue weighted by molar-refractivity contribution is 6.14. The minimum Gasteiger partial charge on any atom is -0.456 e. The SMILES string of the molecule is c1ccc(-c2cc(-c3ccc(-c4cccc5c4Oc4cc6c(-c7ccccc7)nc7ccccc7c6cc4C54c5ccccc5-c5ccccc54)cc3)nc(-c3ccccc3)n2)cc1.c1ccc(-c2nc(-c3ccccc3)nc(-c3ccc(-c4cccc5c4Oc4cc6c(-c7ccccc7)nc7ccccc7c6cc4C54c5ccccc5-c5ccccc54)cc3)n2)cc1. The van der Waals surface area contributed by atoms with Gasteiger partial charge in [-0.1, -0.05) is 400 Å². The maximum atomic E-state index is 7.39. The summed E-state index contributed by atoms with van der Waals surface area (Å²) >= 11 is 0. The number of para-hydroxylation sites is 4. The Balaban J connectivity index is 0.000000139. The molecule has 0 radical (unpaired) electrons. The fraction of sp³-hybridized carbons (Fsp3) is 0.0168. The van der Waals surface area contributed by atoms with Crippen LogP contribution in [0.2, 0.25) is 0 Å².